The number of aromatic nitrogens is 2. The number of hydrogen-bond acceptors (Lipinski definition) is 3. The van der Waals surface area contributed by atoms with E-state index in [1.165, 1.54) is 10.9 Å². The van der Waals surface area contributed by atoms with Crippen molar-refractivity contribution in [1.82, 2.24) is 15.1 Å². The molecule has 110 valence electrons. The molecular weight excluding hydrogens is 285 g/mol. The second-order valence-corrected chi connectivity index (χ2v) is 6.07. The molecule has 3 nitrogen and oxygen atoms in total. The van der Waals surface area contributed by atoms with Gasteiger partial charge in [-0.05, 0) is 37.1 Å². The zero-order valence-electron chi connectivity index (χ0n) is 12.1. The largest absolute Gasteiger partial charge is 0.306 e. The van der Waals surface area contributed by atoms with E-state index in [1.54, 1.807) is 17.4 Å². The average Bonchev–Trinajstić information content (AvgIpc) is 3.10. The lowest BCUT2D eigenvalue weighted by Crippen LogP contribution is -2.20. The number of aryl methyl sites for hydroxylation is 1. The lowest BCUT2D eigenvalue weighted by Gasteiger charge is -2.14. The molecule has 0 aliphatic rings. The number of rotatable bonds is 5. The molecule has 0 fully saturated rings. The van der Waals surface area contributed by atoms with Crippen LogP contribution in [0, 0.1) is 5.82 Å². The van der Waals surface area contributed by atoms with Crippen molar-refractivity contribution in [1.29, 1.82) is 0 Å². The highest BCUT2D eigenvalue weighted by molar-refractivity contribution is 7.19. The molecule has 0 saturated carbocycles. The topological polar surface area (TPSA) is 29.9 Å². The van der Waals surface area contributed by atoms with Crippen molar-refractivity contribution >= 4 is 21.4 Å². The van der Waals surface area contributed by atoms with Crippen molar-refractivity contribution in [2.24, 2.45) is 0 Å². The molecule has 1 aromatic carbocycles. The molecule has 2 aromatic heterocycles. The third-order valence-corrected chi connectivity index (χ3v) is 4.67. The van der Waals surface area contributed by atoms with E-state index in [2.05, 4.69) is 36.5 Å². The molecule has 21 heavy (non-hydrogen) atoms. The maximum absolute atomic E-state index is 13.3. The zero-order chi connectivity index (χ0) is 14.8. The highest BCUT2D eigenvalue weighted by Gasteiger charge is 2.17. The molecule has 3 aromatic rings. The Bertz CT molecular complexity index is 747. The van der Waals surface area contributed by atoms with Gasteiger partial charge in [-0.3, -0.25) is 4.68 Å². The summed E-state index contributed by atoms with van der Waals surface area (Å²) >= 11 is 1.63. The normalized spacial score (nSPS) is 12.9. The second-order valence-electron chi connectivity index (χ2n) is 4.95. The van der Waals surface area contributed by atoms with Gasteiger partial charge in [-0.25, -0.2) is 4.39 Å². The predicted molar refractivity (Wildman–Crippen MR) is 85.2 cm³/mol. The average molecular weight is 303 g/mol. The van der Waals surface area contributed by atoms with Gasteiger partial charge in [0.15, 0.2) is 0 Å². The summed E-state index contributed by atoms with van der Waals surface area (Å²) in [6.07, 6.45) is 3.97. The van der Waals surface area contributed by atoms with Crippen LogP contribution in [-0.4, -0.2) is 16.3 Å². The Morgan fingerprint density at radius 3 is 2.90 bits per heavy atom. The van der Waals surface area contributed by atoms with E-state index >= 15 is 0 Å². The minimum Gasteiger partial charge on any atom is -0.306 e. The second kappa shape index (κ2) is 5.95. The van der Waals surface area contributed by atoms with Gasteiger partial charge in [-0.15, -0.1) is 11.3 Å². The molecule has 0 aliphatic carbocycles. The van der Waals surface area contributed by atoms with Gasteiger partial charge in [0.1, 0.15) is 5.82 Å². The van der Waals surface area contributed by atoms with Gasteiger partial charge in [-0.2, -0.15) is 5.10 Å². The van der Waals surface area contributed by atoms with Crippen molar-refractivity contribution in [2.45, 2.75) is 26.4 Å². The molecule has 0 amide bonds. The molecule has 1 N–H and O–H groups in total. The van der Waals surface area contributed by atoms with Crippen LogP contribution in [0.25, 0.3) is 10.1 Å². The third-order valence-electron chi connectivity index (χ3n) is 3.50. The maximum Gasteiger partial charge on any atom is 0.124 e. The highest BCUT2D eigenvalue weighted by atomic mass is 32.1. The molecule has 0 saturated heterocycles. The van der Waals surface area contributed by atoms with Gasteiger partial charge in [-0.1, -0.05) is 13.0 Å². The Balaban J connectivity index is 2.01. The van der Waals surface area contributed by atoms with Crippen LogP contribution < -0.4 is 5.32 Å². The summed E-state index contributed by atoms with van der Waals surface area (Å²) in [6.45, 7) is 5.88. The Morgan fingerprint density at radius 2 is 2.19 bits per heavy atom. The maximum atomic E-state index is 13.3. The number of nitrogens with one attached hydrogen (secondary N) is 1. The lowest BCUT2D eigenvalue weighted by atomic mass is 10.1. The van der Waals surface area contributed by atoms with Crippen LogP contribution in [0.5, 0.6) is 0 Å². The predicted octanol–water partition coefficient (Wildman–Crippen LogP) is 3.96. The van der Waals surface area contributed by atoms with Crippen LogP contribution in [-0.2, 0) is 6.54 Å². The van der Waals surface area contributed by atoms with Crippen molar-refractivity contribution in [2.75, 3.05) is 6.54 Å². The minimum atomic E-state index is -0.185. The van der Waals surface area contributed by atoms with Gasteiger partial charge < -0.3 is 5.32 Å². The molecule has 2 heterocycles. The minimum absolute atomic E-state index is 0.107. The van der Waals surface area contributed by atoms with Crippen molar-refractivity contribution < 1.29 is 4.39 Å². The quantitative estimate of drug-likeness (QED) is 0.773. The number of benzene rings is 1. The summed E-state index contributed by atoms with van der Waals surface area (Å²) in [5.74, 6) is -0.185. The van der Waals surface area contributed by atoms with E-state index in [9.17, 15) is 4.39 Å². The van der Waals surface area contributed by atoms with Crippen LogP contribution in [0.2, 0.25) is 0 Å². The van der Waals surface area contributed by atoms with Crippen molar-refractivity contribution in [3.05, 3.63) is 52.9 Å². The van der Waals surface area contributed by atoms with E-state index in [1.807, 2.05) is 16.9 Å². The molecule has 3 rings (SSSR count). The van der Waals surface area contributed by atoms with Crippen LogP contribution in [0.15, 0.2) is 36.7 Å². The Labute approximate surface area is 127 Å². The van der Waals surface area contributed by atoms with Crippen LogP contribution >= 0.6 is 11.3 Å². The first-order chi connectivity index (χ1) is 10.2. The van der Waals surface area contributed by atoms with Gasteiger partial charge in [0, 0.05) is 27.9 Å². The molecule has 0 bridgehead atoms. The van der Waals surface area contributed by atoms with Gasteiger partial charge in [0.25, 0.3) is 0 Å². The summed E-state index contributed by atoms with van der Waals surface area (Å²) in [4.78, 5) is 1.19. The van der Waals surface area contributed by atoms with E-state index < -0.39 is 0 Å². The molecule has 0 aliphatic heterocycles. The molecule has 0 spiro atoms. The van der Waals surface area contributed by atoms with Crippen molar-refractivity contribution in [3.63, 3.8) is 0 Å². The standard InChI is InChI=1S/C16H18FN3S/c1-3-18-16(12-9-19-20(4-2)10-12)15-7-11-5-6-13(17)8-14(11)21-15/h5-10,16,18H,3-4H2,1-2H3. The van der Waals surface area contributed by atoms with Crippen LogP contribution in [0.4, 0.5) is 4.39 Å². The Hall–Kier alpha value is -1.72. The van der Waals surface area contributed by atoms with Gasteiger partial charge >= 0.3 is 0 Å². The first-order valence-electron chi connectivity index (χ1n) is 7.16. The number of hydrogen-bond donors (Lipinski definition) is 1. The zero-order valence-corrected chi connectivity index (χ0v) is 13.0. The number of fused-ring (bicyclic) bond motifs is 1. The Morgan fingerprint density at radius 1 is 1.33 bits per heavy atom. The number of thiophene rings is 1. The van der Waals surface area contributed by atoms with E-state index in [-0.39, 0.29) is 11.9 Å². The number of halogens is 1. The van der Waals surface area contributed by atoms with Gasteiger partial charge in [0.2, 0.25) is 0 Å². The summed E-state index contributed by atoms with van der Waals surface area (Å²) in [5.41, 5.74) is 1.14. The van der Waals surface area contributed by atoms with Crippen molar-refractivity contribution in [3.8, 4) is 0 Å². The first-order valence-corrected chi connectivity index (χ1v) is 7.97. The molecular formula is C16H18FN3S. The fourth-order valence-corrected chi connectivity index (χ4v) is 3.65. The smallest absolute Gasteiger partial charge is 0.124 e. The SMILES string of the molecule is CCNC(c1cnn(CC)c1)c1cc2ccc(F)cc2s1. The molecule has 0 radical (unpaired) electrons. The van der Waals surface area contributed by atoms with Crippen LogP contribution in [0.3, 0.4) is 0 Å². The van der Waals surface area contributed by atoms with E-state index in [0.29, 0.717) is 0 Å². The summed E-state index contributed by atoms with van der Waals surface area (Å²) in [6, 6.07) is 7.19. The highest BCUT2D eigenvalue weighted by Crippen LogP contribution is 2.33. The summed E-state index contributed by atoms with van der Waals surface area (Å²) in [7, 11) is 0. The third kappa shape index (κ3) is 2.84. The first kappa shape index (κ1) is 14.2. The monoisotopic (exact) mass is 303 g/mol. The molecule has 1 unspecified atom stereocenters. The van der Waals surface area contributed by atoms with Crippen LogP contribution in [0.1, 0.15) is 30.3 Å². The molecule has 1 atom stereocenters. The van der Waals surface area contributed by atoms with E-state index in [4.69, 9.17) is 0 Å². The summed E-state index contributed by atoms with van der Waals surface area (Å²) < 4.78 is 16.3. The molecule has 5 heteroatoms. The van der Waals surface area contributed by atoms with Gasteiger partial charge in [0.05, 0.1) is 12.2 Å². The fraction of sp³-hybridized carbons (Fsp3) is 0.312. The van der Waals surface area contributed by atoms with E-state index in [0.717, 1.165) is 28.7 Å². The fourth-order valence-electron chi connectivity index (χ4n) is 2.46. The Kier molecular flexibility index (Phi) is 4.03. The number of nitrogens with zero attached hydrogens (tertiary/aromatic N) is 2. The lowest BCUT2D eigenvalue weighted by molar-refractivity contribution is 0.630. The summed E-state index contributed by atoms with van der Waals surface area (Å²) in [5, 5.41) is 8.93.